The van der Waals surface area contributed by atoms with Gasteiger partial charge in [-0.2, -0.15) is 0 Å². The molecule has 0 radical (unpaired) electrons. The van der Waals surface area contributed by atoms with Crippen molar-refractivity contribution in [3.05, 3.63) is 11.6 Å². The summed E-state index contributed by atoms with van der Waals surface area (Å²) in [5.74, 6) is 2.04. The molecule has 0 heterocycles. The maximum absolute atomic E-state index is 2.60. The second-order valence-corrected chi connectivity index (χ2v) is 4.49. The minimum atomic E-state index is 0.986. The molecule has 2 aliphatic rings. The van der Waals surface area contributed by atoms with Crippen LogP contribution in [0.4, 0.5) is 0 Å². The molecule has 0 saturated heterocycles. The Morgan fingerprint density at radius 1 is 1.33 bits per heavy atom. The van der Waals surface area contributed by atoms with Gasteiger partial charge in [-0.3, -0.25) is 0 Å². The summed E-state index contributed by atoms with van der Waals surface area (Å²) < 4.78 is 0. The van der Waals surface area contributed by atoms with Crippen molar-refractivity contribution in [3.63, 3.8) is 0 Å². The first-order chi connectivity index (χ1) is 5.90. The topological polar surface area (TPSA) is 0 Å². The SMILES string of the molecule is CCCC1=CC2CCCCC2C1. The van der Waals surface area contributed by atoms with Gasteiger partial charge >= 0.3 is 0 Å². The smallest absolute Gasteiger partial charge is 0.0199 e. The first-order valence-corrected chi connectivity index (χ1v) is 5.59. The van der Waals surface area contributed by atoms with Gasteiger partial charge in [-0.25, -0.2) is 0 Å². The Bertz CT molecular complexity index is 178. The molecule has 0 aliphatic heterocycles. The molecule has 0 bridgehead atoms. The van der Waals surface area contributed by atoms with E-state index < -0.39 is 0 Å². The van der Waals surface area contributed by atoms with E-state index in [2.05, 4.69) is 13.0 Å². The minimum absolute atomic E-state index is 0.986. The predicted octanol–water partition coefficient (Wildman–Crippen LogP) is 3.92. The van der Waals surface area contributed by atoms with E-state index in [9.17, 15) is 0 Å². The molecule has 2 unspecified atom stereocenters. The van der Waals surface area contributed by atoms with E-state index in [1.54, 1.807) is 5.57 Å². The Hall–Kier alpha value is -0.260. The van der Waals surface area contributed by atoms with Crippen LogP contribution in [0.5, 0.6) is 0 Å². The number of fused-ring (bicyclic) bond motifs is 1. The zero-order chi connectivity index (χ0) is 8.39. The average molecular weight is 164 g/mol. The molecule has 1 saturated carbocycles. The second kappa shape index (κ2) is 3.64. The van der Waals surface area contributed by atoms with Crippen molar-refractivity contribution in [2.45, 2.75) is 51.9 Å². The van der Waals surface area contributed by atoms with Gasteiger partial charge in [-0.15, -0.1) is 0 Å². The Morgan fingerprint density at radius 2 is 2.17 bits per heavy atom. The highest BCUT2D eigenvalue weighted by atomic mass is 14.3. The molecule has 0 aromatic rings. The van der Waals surface area contributed by atoms with Crippen molar-refractivity contribution in [3.8, 4) is 0 Å². The second-order valence-electron chi connectivity index (χ2n) is 4.49. The average Bonchev–Trinajstić information content (AvgIpc) is 2.47. The lowest BCUT2D eigenvalue weighted by molar-refractivity contribution is 0.302. The third kappa shape index (κ3) is 1.57. The van der Waals surface area contributed by atoms with Crippen LogP contribution in [0.15, 0.2) is 11.6 Å². The van der Waals surface area contributed by atoms with E-state index in [4.69, 9.17) is 0 Å². The molecule has 0 spiro atoms. The molecular weight excluding hydrogens is 144 g/mol. The minimum Gasteiger partial charge on any atom is -0.0819 e. The Labute approximate surface area is 76.1 Å². The number of allylic oxidation sites excluding steroid dienone is 2. The van der Waals surface area contributed by atoms with Gasteiger partial charge in [0.25, 0.3) is 0 Å². The van der Waals surface area contributed by atoms with E-state index in [0.29, 0.717) is 0 Å². The zero-order valence-corrected chi connectivity index (χ0v) is 8.18. The van der Waals surface area contributed by atoms with Crippen molar-refractivity contribution in [1.29, 1.82) is 0 Å². The molecule has 0 aromatic heterocycles. The summed E-state index contributed by atoms with van der Waals surface area (Å²) in [6, 6.07) is 0. The quantitative estimate of drug-likeness (QED) is 0.543. The molecule has 0 aromatic carbocycles. The summed E-state index contributed by atoms with van der Waals surface area (Å²) in [6.07, 6.45) is 12.7. The standard InChI is InChI=1S/C12H20/c1-2-5-10-8-11-6-3-4-7-12(11)9-10/h8,11-12H,2-7,9H2,1H3. The van der Waals surface area contributed by atoms with Crippen molar-refractivity contribution < 1.29 is 0 Å². The summed E-state index contributed by atoms with van der Waals surface area (Å²) in [5, 5.41) is 0. The summed E-state index contributed by atoms with van der Waals surface area (Å²) in [6.45, 7) is 2.29. The molecule has 1 fully saturated rings. The van der Waals surface area contributed by atoms with Crippen LogP contribution in [0.1, 0.15) is 51.9 Å². The first kappa shape index (κ1) is 8.34. The lowest BCUT2D eigenvalue weighted by Crippen LogP contribution is -2.12. The van der Waals surface area contributed by atoms with Crippen LogP contribution >= 0.6 is 0 Å². The molecule has 2 rings (SSSR count). The van der Waals surface area contributed by atoms with Crippen LogP contribution in [-0.4, -0.2) is 0 Å². The fraction of sp³-hybridized carbons (Fsp3) is 0.833. The lowest BCUT2D eigenvalue weighted by Gasteiger charge is -2.24. The third-order valence-electron chi connectivity index (χ3n) is 3.51. The number of hydrogen-bond donors (Lipinski definition) is 0. The monoisotopic (exact) mass is 164 g/mol. The van der Waals surface area contributed by atoms with E-state index in [0.717, 1.165) is 11.8 Å². The van der Waals surface area contributed by atoms with Gasteiger partial charge in [0, 0.05) is 0 Å². The predicted molar refractivity (Wildman–Crippen MR) is 53.1 cm³/mol. The van der Waals surface area contributed by atoms with Crippen LogP contribution in [0.3, 0.4) is 0 Å². The normalized spacial score (nSPS) is 34.6. The summed E-state index contributed by atoms with van der Waals surface area (Å²) in [4.78, 5) is 0. The first-order valence-electron chi connectivity index (χ1n) is 5.59. The van der Waals surface area contributed by atoms with Crippen molar-refractivity contribution in [2.75, 3.05) is 0 Å². The summed E-state index contributed by atoms with van der Waals surface area (Å²) in [5.41, 5.74) is 1.77. The Morgan fingerprint density at radius 3 is 2.92 bits per heavy atom. The molecule has 68 valence electrons. The fourth-order valence-electron chi connectivity index (χ4n) is 2.92. The van der Waals surface area contributed by atoms with Crippen LogP contribution in [0.25, 0.3) is 0 Å². The van der Waals surface area contributed by atoms with Gasteiger partial charge in [0.15, 0.2) is 0 Å². The van der Waals surface area contributed by atoms with E-state index in [-0.39, 0.29) is 0 Å². The van der Waals surface area contributed by atoms with Crippen LogP contribution in [-0.2, 0) is 0 Å². The molecular formula is C12H20. The van der Waals surface area contributed by atoms with Gasteiger partial charge in [0.2, 0.25) is 0 Å². The van der Waals surface area contributed by atoms with Gasteiger partial charge in [-0.1, -0.05) is 37.8 Å². The number of rotatable bonds is 2. The van der Waals surface area contributed by atoms with Crippen LogP contribution < -0.4 is 0 Å². The molecule has 0 nitrogen and oxygen atoms in total. The molecule has 12 heavy (non-hydrogen) atoms. The van der Waals surface area contributed by atoms with E-state index in [1.165, 1.54) is 44.9 Å². The summed E-state index contributed by atoms with van der Waals surface area (Å²) in [7, 11) is 0. The highest BCUT2D eigenvalue weighted by Crippen LogP contribution is 2.41. The van der Waals surface area contributed by atoms with Crippen molar-refractivity contribution in [2.24, 2.45) is 11.8 Å². The van der Waals surface area contributed by atoms with Crippen molar-refractivity contribution >= 4 is 0 Å². The highest BCUT2D eigenvalue weighted by Gasteiger charge is 2.28. The van der Waals surface area contributed by atoms with Gasteiger partial charge in [0.05, 0.1) is 0 Å². The lowest BCUT2D eigenvalue weighted by atomic mass is 9.81. The fourth-order valence-corrected chi connectivity index (χ4v) is 2.92. The molecule has 2 aliphatic carbocycles. The van der Waals surface area contributed by atoms with Crippen LogP contribution in [0.2, 0.25) is 0 Å². The molecule has 0 N–H and O–H groups in total. The van der Waals surface area contributed by atoms with Gasteiger partial charge < -0.3 is 0 Å². The van der Waals surface area contributed by atoms with E-state index >= 15 is 0 Å². The van der Waals surface area contributed by atoms with Crippen LogP contribution in [0, 0.1) is 11.8 Å². The zero-order valence-electron chi connectivity index (χ0n) is 8.18. The highest BCUT2D eigenvalue weighted by molar-refractivity contribution is 5.14. The largest absolute Gasteiger partial charge is 0.0819 e. The molecule has 2 atom stereocenters. The Balaban J connectivity index is 1.94. The molecule has 0 heteroatoms. The van der Waals surface area contributed by atoms with Gasteiger partial charge in [0.1, 0.15) is 0 Å². The maximum atomic E-state index is 2.60. The summed E-state index contributed by atoms with van der Waals surface area (Å²) >= 11 is 0. The van der Waals surface area contributed by atoms with E-state index in [1.807, 2.05) is 0 Å². The molecule has 0 amide bonds. The Kier molecular flexibility index (Phi) is 2.53. The number of hydrogen-bond acceptors (Lipinski definition) is 0. The maximum Gasteiger partial charge on any atom is -0.0199 e. The van der Waals surface area contributed by atoms with Crippen molar-refractivity contribution in [1.82, 2.24) is 0 Å². The third-order valence-corrected chi connectivity index (χ3v) is 3.51. The van der Waals surface area contributed by atoms with Gasteiger partial charge in [-0.05, 0) is 37.5 Å².